The van der Waals surface area contributed by atoms with Crippen LogP contribution < -0.4 is 0 Å². The summed E-state index contributed by atoms with van der Waals surface area (Å²) in [5.74, 6) is -0.570. The summed E-state index contributed by atoms with van der Waals surface area (Å²) in [6.45, 7) is 0.114. The molecule has 174 valence electrons. The number of ether oxygens (including phenoxy) is 1. The smallest absolute Gasteiger partial charge is 0.360 e. The maximum absolute atomic E-state index is 12.2. The van der Waals surface area contributed by atoms with E-state index in [2.05, 4.69) is 11.2 Å². The Morgan fingerprint density at radius 3 is 2.38 bits per heavy atom. The van der Waals surface area contributed by atoms with Crippen LogP contribution in [0, 0.1) is 0 Å². The van der Waals surface area contributed by atoms with Gasteiger partial charge < -0.3 is 9.57 Å². The van der Waals surface area contributed by atoms with Gasteiger partial charge in [-0.2, -0.15) is 0 Å². The fourth-order valence-electron chi connectivity index (χ4n) is 3.74. The Morgan fingerprint density at radius 1 is 0.941 bits per heavy atom. The van der Waals surface area contributed by atoms with E-state index in [0.29, 0.717) is 18.7 Å². The summed E-state index contributed by atoms with van der Waals surface area (Å²) in [4.78, 5) is 17.6. The number of oxime groups is 1. The Kier molecular flexibility index (Phi) is 7.35. The molecule has 0 atom stereocenters. The molecule has 0 aliphatic heterocycles. The molecule has 0 saturated carbocycles. The van der Waals surface area contributed by atoms with Crippen LogP contribution >= 0.6 is 0 Å². The van der Waals surface area contributed by atoms with E-state index in [1.54, 1.807) is 24.3 Å². The van der Waals surface area contributed by atoms with Crippen molar-refractivity contribution < 1.29 is 22.8 Å². The molecule has 6 nitrogen and oxygen atoms in total. The molecule has 0 unspecified atom stereocenters. The lowest BCUT2D eigenvalue weighted by Gasteiger charge is -2.20. The van der Waals surface area contributed by atoms with Gasteiger partial charge in [-0.1, -0.05) is 71.9 Å². The van der Waals surface area contributed by atoms with E-state index in [4.69, 9.17) is 9.57 Å². The Morgan fingerprint density at radius 2 is 1.65 bits per heavy atom. The van der Waals surface area contributed by atoms with Crippen molar-refractivity contribution in [3.05, 3.63) is 101 Å². The standard InChI is InChI=1S/C27H25NO5S/c1-34(30,31)23-14-11-20(12-15-23)17-25-24-10-6-5-9-22(24)13-16-26(25)28-33-27(29)19-32-18-21-7-3-2-4-8-21/h2-12,14-15,17H,13,16,18-19H2,1H3/b25-17+,28-26?. The molecule has 0 amide bonds. The van der Waals surface area contributed by atoms with Crippen LogP contribution in [0.2, 0.25) is 0 Å². The van der Waals surface area contributed by atoms with Crippen molar-refractivity contribution in [3.63, 3.8) is 0 Å². The maximum atomic E-state index is 12.2. The average Bonchev–Trinajstić information content (AvgIpc) is 2.84. The Hall–Kier alpha value is -3.55. The number of sulfone groups is 1. The fraction of sp³-hybridized carbons (Fsp3) is 0.185. The van der Waals surface area contributed by atoms with Gasteiger partial charge in [0.05, 0.1) is 17.2 Å². The highest BCUT2D eigenvalue weighted by Crippen LogP contribution is 2.31. The summed E-state index contributed by atoms with van der Waals surface area (Å²) in [6, 6.07) is 24.3. The van der Waals surface area contributed by atoms with Crippen molar-refractivity contribution in [2.75, 3.05) is 12.9 Å². The van der Waals surface area contributed by atoms with E-state index in [9.17, 15) is 13.2 Å². The summed E-state index contributed by atoms with van der Waals surface area (Å²) in [5.41, 5.74) is 5.48. The molecule has 0 aromatic heterocycles. The molecule has 7 heteroatoms. The van der Waals surface area contributed by atoms with E-state index in [0.717, 1.165) is 28.7 Å². The van der Waals surface area contributed by atoms with Gasteiger partial charge in [0.15, 0.2) is 9.84 Å². The molecule has 0 fully saturated rings. The first-order chi connectivity index (χ1) is 16.4. The number of nitrogens with zero attached hydrogens (tertiary/aromatic N) is 1. The third-order valence-electron chi connectivity index (χ3n) is 5.46. The Bertz CT molecular complexity index is 1330. The van der Waals surface area contributed by atoms with Gasteiger partial charge in [-0.05, 0) is 53.3 Å². The molecule has 0 N–H and O–H groups in total. The second kappa shape index (κ2) is 10.6. The highest BCUT2D eigenvalue weighted by atomic mass is 32.2. The van der Waals surface area contributed by atoms with Gasteiger partial charge in [-0.25, -0.2) is 13.2 Å². The lowest BCUT2D eigenvalue weighted by molar-refractivity contribution is -0.149. The van der Waals surface area contributed by atoms with Crippen LogP contribution in [0.3, 0.4) is 0 Å². The maximum Gasteiger partial charge on any atom is 0.360 e. The molecule has 34 heavy (non-hydrogen) atoms. The van der Waals surface area contributed by atoms with Crippen LogP contribution in [-0.4, -0.2) is 33.0 Å². The van der Waals surface area contributed by atoms with Crippen molar-refractivity contribution in [2.45, 2.75) is 24.3 Å². The minimum atomic E-state index is -3.27. The first-order valence-electron chi connectivity index (χ1n) is 10.9. The summed E-state index contributed by atoms with van der Waals surface area (Å²) >= 11 is 0. The van der Waals surface area contributed by atoms with E-state index in [1.165, 1.54) is 11.8 Å². The number of fused-ring (bicyclic) bond motifs is 1. The first-order valence-corrected chi connectivity index (χ1v) is 12.8. The summed E-state index contributed by atoms with van der Waals surface area (Å²) < 4.78 is 29.0. The van der Waals surface area contributed by atoms with E-state index in [-0.39, 0.29) is 11.5 Å². The molecule has 0 spiro atoms. The molecule has 0 bridgehead atoms. The number of hydrogen-bond acceptors (Lipinski definition) is 6. The molecule has 0 radical (unpaired) electrons. The molecule has 0 heterocycles. The van der Waals surface area contributed by atoms with Crippen molar-refractivity contribution in [2.24, 2.45) is 5.16 Å². The van der Waals surface area contributed by atoms with Crippen molar-refractivity contribution >= 4 is 33.2 Å². The topological polar surface area (TPSA) is 82.0 Å². The lowest BCUT2D eigenvalue weighted by Crippen LogP contribution is -2.16. The Balaban J connectivity index is 1.51. The van der Waals surface area contributed by atoms with Gasteiger partial charge in [-0.15, -0.1) is 0 Å². The molecule has 0 saturated heterocycles. The summed E-state index contributed by atoms with van der Waals surface area (Å²) in [5, 5.41) is 4.17. The van der Waals surface area contributed by atoms with Crippen molar-refractivity contribution in [1.29, 1.82) is 0 Å². The van der Waals surface area contributed by atoms with E-state index < -0.39 is 15.8 Å². The van der Waals surface area contributed by atoms with Gasteiger partial charge in [0.1, 0.15) is 6.61 Å². The Labute approximate surface area is 199 Å². The zero-order valence-electron chi connectivity index (χ0n) is 18.8. The molecule has 1 aliphatic carbocycles. The fourth-order valence-corrected chi connectivity index (χ4v) is 4.37. The number of carbonyl (C=O) groups excluding carboxylic acids is 1. The predicted molar refractivity (Wildman–Crippen MR) is 132 cm³/mol. The highest BCUT2D eigenvalue weighted by molar-refractivity contribution is 7.90. The van der Waals surface area contributed by atoms with Gasteiger partial charge in [0, 0.05) is 11.8 Å². The van der Waals surface area contributed by atoms with Crippen LogP contribution in [0.1, 0.15) is 28.7 Å². The SMILES string of the molecule is CS(=O)(=O)c1ccc(/C=C2/C(=NOC(=O)COCc3ccccc3)CCc3ccccc32)cc1. The first kappa shape index (κ1) is 23.6. The van der Waals surface area contributed by atoms with Crippen molar-refractivity contribution in [3.8, 4) is 0 Å². The third kappa shape index (κ3) is 6.07. The third-order valence-corrected chi connectivity index (χ3v) is 6.59. The van der Waals surface area contributed by atoms with Gasteiger partial charge in [0.2, 0.25) is 0 Å². The van der Waals surface area contributed by atoms with Crippen LogP contribution in [0.15, 0.2) is 88.9 Å². The molecule has 4 rings (SSSR count). The van der Waals surface area contributed by atoms with Crippen LogP contribution in [0.4, 0.5) is 0 Å². The highest BCUT2D eigenvalue weighted by Gasteiger charge is 2.21. The van der Waals surface area contributed by atoms with E-state index >= 15 is 0 Å². The number of aryl methyl sites for hydroxylation is 1. The number of allylic oxidation sites excluding steroid dienone is 1. The molecular formula is C27H25NO5S. The molecule has 3 aromatic carbocycles. The second-order valence-electron chi connectivity index (χ2n) is 8.04. The minimum absolute atomic E-state index is 0.200. The summed E-state index contributed by atoms with van der Waals surface area (Å²) in [6.07, 6.45) is 4.51. The number of hydrogen-bond donors (Lipinski definition) is 0. The monoisotopic (exact) mass is 475 g/mol. The molecular weight excluding hydrogens is 450 g/mol. The molecule has 3 aromatic rings. The minimum Gasteiger partial charge on any atom is -0.365 e. The second-order valence-corrected chi connectivity index (χ2v) is 10.1. The average molecular weight is 476 g/mol. The predicted octanol–water partition coefficient (Wildman–Crippen LogP) is 4.69. The number of rotatable bonds is 7. The van der Waals surface area contributed by atoms with Crippen LogP contribution in [-0.2, 0) is 37.2 Å². The lowest BCUT2D eigenvalue weighted by atomic mass is 9.85. The molecule has 1 aliphatic rings. The zero-order valence-corrected chi connectivity index (χ0v) is 19.6. The summed E-state index contributed by atoms with van der Waals surface area (Å²) in [7, 11) is -3.27. The van der Waals surface area contributed by atoms with E-state index in [1.807, 2.05) is 54.6 Å². The number of carbonyl (C=O) groups is 1. The normalized spacial score (nSPS) is 15.8. The zero-order chi connectivity index (χ0) is 24.0. The van der Waals surface area contributed by atoms with Gasteiger partial charge in [0.25, 0.3) is 0 Å². The number of benzene rings is 3. The van der Waals surface area contributed by atoms with Crippen molar-refractivity contribution in [1.82, 2.24) is 0 Å². The van der Waals surface area contributed by atoms with Gasteiger partial charge >= 0.3 is 5.97 Å². The van der Waals surface area contributed by atoms with Crippen LogP contribution in [0.25, 0.3) is 11.6 Å². The van der Waals surface area contributed by atoms with Gasteiger partial charge in [-0.3, -0.25) is 0 Å². The quantitative estimate of drug-likeness (QED) is 0.366. The van der Waals surface area contributed by atoms with Crippen LogP contribution in [0.5, 0.6) is 0 Å². The largest absolute Gasteiger partial charge is 0.365 e.